The van der Waals surface area contributed by atoms with Crippen LogP contribution in [-0.2, 0) is 21.0 Å². The number of nitro groups is 1. The average molecular weight is 569 g/mol. The smallest absolute Gasteiger partial charge is 0.271 e. The number of rotatable bonds is 8. The molecule has 0 aliphatic carbocycles. The SMILES string of the molecule is C/C(=N/NC(=O)CN(c1ccc(Cl)c(C(F)(F)F)c1)S(=O)(=O)c1ccc(C)cc1)c1cccc([N+](=O)[O-])c1. The first-order valence-corrected chi connectivity index (χ1v) is 12.6. The summed E-state index contributed by atoms with van der Waals surface area (Å²) in [6.45, 7) is 2.24. The number of amides is 1. The van der Waals surface area contributed by atoms with Crippen LogP contribution in [-0.4, -0.2) is 31.5 Å². The van der Waals surface area contributed by atoms with Crippen LogP contribution in [0.4, 0.5) is 24.5 Å². The second-order valence-electron chi connectivity index (χ2n) is 8.03. The largest absolute Gasteiger partial charge is 0.417 e. The van der Waals surface area contributed by atoms with Crippen molar-refractivity contribution in [3.05, 3.63) is 98.6 Å². The summed E-state index contributed by atoms with van der Waals surface area (Å²) in [7, 11) is -4.51. The molecule has 0 atom stereocenters. The Bertz CT molecular complexity index is 1510. The lowest BCUT2D eigenvalue weighted by Crippen LogP contribution is -2.40. The number of carbonyl (C=O) groups excluding carboxylic acids is 1. The fourth-order valence-corrected chi connectivity index (χ4v) is 4.90. The third kappa shape index (κ3) is 6.66. The summed E-state index contributed by atoms with van der Waals surface area (Å²) >= 11 is 5.69. The number of hydrogen-bond acceptors (Lipinski definition) is 6. The van der Waals surface area contributed by atoms with Gasteiger partial charge in [0.1, 0.15) is 6.54 Å². The second kappa shape index (κ2) is 11.2. The molecule has 3 aromatic carbocycles. The Labute approximate surface area is 220 Å². The van der Waals surface area contributed by atoms with E-state index in [4.69, 9.17) is 11.6 Å². The van der Waals surface area contributed by atoms with Gasteiger partial charge in [-0.3, -0.25) is 19.2 Å². The summed E-state index contributed by atoms with van der Waals surface area (Å²) < 4.78 is 67.8. The van der Waals surface area contributed by atoms with E-state index in [0.717, 1.165) is 17.7 Å². The minimum atomic E-state index is -4.88. The lowest BCUT2D eigenvalue weighted by molar-refractivity contribution is -0.384. The maximum absolute atomic E-state index is 13.5. The third-order valence-electron chi connectivity index (χ3n) is 5.26. The molecule has 200 valence electrons. The summed E-state index contributed by atoms with van der Waals surface area (Å²) in [5.41, 5.74) is 1.44. The number of carbonyl (C=O) groups is 1. The Morgan fingerprint density at radius 1 is 1.11 bits per heavy atom. The number of hydrogen-bond donors (Lipinski definition) is 1. The number of aryl methyl sites for hydroxylation is 1. The summed E-state index contributed by atoms with van der Waals surface area (Å²) in [5.74, 6) is -0.978. The third-order valence-corrected chi connectivity index (χ3v) is 7.38. The molecule has 14 heteroatoms. The van der Waals surface area contributed by atoms with E-state index in [1.165, 1.54) is 55.5 Å². The van der Waals surface area contributed by atoms with E-state index in [9.17, 15) is 36.5 Å². The standard InChI is InChI=1S/C24H20ClF3N4O5S/c1-15-6-9-20(10-7-15)38(36,37)31(18-8-11-22(25)21(13-18)24(26,27)28)14-23(33)30-29-16(2)17-4-3-5-19(12-17)32(34)35/h3-13H,14H2,1-2H3,(H,30,33)/b29-16-. The van der Waals surface area contributed by atoms with Crippen molar-refractivity contribution < 1.29 is 31.3 Å². The monoisotopic (exact) mass is 568 g/mol. The summed E-state index contributed by atoms with van der Waals surface area (Å²) in [4.78, 5) is 22.9. The van der Waals surface area contributed by atoms with Gasteiger partial charge in [-0.1, -0.05) is 41.4 Å². The summed E-state index contributed by atoms with van der Waals surface area (Å²) in [5, 5.41) is 14.2. The molecule has 0 aromatic heterocycles. The van der Waals surface area contributed by atoms with E-state index in [1.807, 2.05) is 0 Å². The molecule has 3 rings (SSSR count). The zero-order valence-electron chi connectivity index (χ0n) is 19.9. The quantitative estimate of drug-likeness (QED) is 0.224. The van der Waals surface area contributed by atoms with Crippen LogP contribution in [0.15, 0.2) is 76.7 Å². The lowest BCUT2D eigenvalue weighted by Gasteiger charge is -2.25. The summed E-state index contributed by atoms with van der Waals surface area (Å²) in [6, 6.07) is 13.4. The van der Waals surface area contributed by atoms with Crippen LogP contribution in [0.3, 0.4) is 0 Å². The number of nitrogens with one attached hydrogen (secondary N) is 1. The normalized spacial score (nSPS) is 12.2. The molecule has 0 saturated heterocycles. The molecule has 0 saturated carbocycles. The molecule has 9 nitrogen and oxygen atoms in total. The maximum Gasteiger partial charge on any atom is 0.417 e. The molecule has 0 spiro atoms. The van der Waals surface area contributed by atoms with Crippen LogP contribution in [0.2, 0.25) is 5.02 Å². The van der Waals surface area contributed by atoms with Gasteiger partial charge in [-0.25, -0.2) is 13.8 Å². The van der Waals surface area contributed by atoms with Crippen molar-refractivity contribution in [2.45, 2.75) is 24.9 Å². The van der Waals surface area contributed by atoms with E-state index in [0.29, 0.717) is 15.9 Å². The molecule has 0 aliphatic rings. The van der Waals surface area contributed by atoms with Crippen LogP contribution in [0.25, 0.3) is 0 Å². The fourth-order valence-electron chi connectivity index (χ4n) is 3.26. The van der Waals surface area contributed by atoms with Gasteiger partial charge in [0.2, 0.25) is 0 Å². The van der Waals surface area contributed by atoms with Gasteiger partial charge in [0, 0.05) is 17.7 Å². The minimum Gasteiger partial charge on any atom is -0.271 e. The summed E-state index contributed by atoms with van der Waals surface area (Å²) in [6.07, 6.45) is -4.88. The van der Waals surface area contributed by atoms with Gasteiger partial charge in [-0.15, -0.1) is 0 Å². The van der Waals surface area contributed by atoms with Gasteiger partial charge < -0.3 is 0 Å². The van der Waals surface area contributed by atoms with E-state index in [-0.39, 0.29) is 16.3 Å². The number of hydrazone groups is 1. The maximum atomic E-state index is 13.5. The van der Waals surface area contributed by atoms with Gasteiger partial charge in [0.25, 0.3) is 21.6 Å². The Balaban J connectivity index is 1.97. The predicted octanol–water partition coefficient (Wildman–Crippen LogP) is 5.31. The second-order valence-corrected chi connectivity index (χ2v) is 10.3. The number of nitro benzene ring substituents is 1. The van der Waals surface area contributed by atoms with Gasteiger partial charge in [0.05, 0.1) is 31.8 Å². The van der Waals surface area contributed by atoms with Crippen molar-refractivity contribution in [1.82, 2.24) is 5.43 Å². The molecule has 38 heavy (non-hydrogen) atoms. The molecule has 3 aromatic rings. The van der Waals surface area contributed by atoms with E-state index in [2.05, 4.69) is 10.5 Å². The zero-order chi connectivity index (χ0) is 28.3. The van der Waals surface area contributed by atoms with Gasteiger partial charge >= 0.3 is 6.18 Å². The predicted molar refractivity (Wildman–Crippen MR) is 136 cm³/mol. The number of benzene rings is 3. The van der Waals surface area contributed by atoms with Crippen molar-refractivity contribution in [2.24, 2.45) is 5.10 Å². The van der Waals surface area contributed by atoms with E-state index >= 15 is 0 Å². The lowest BCUT2D eigenvalue weighted by atomic mass is 10.1. The number of anilines is 1. The van der Waals surface area contributed by atoms with E-state index < -0.39 is 49.8 Å². The minimum absolute atomic E-state index is 0.167. The van der Waals surface area contributed by atoms with Gasteiger partial charge in [-0.2, -0.15) is 18.3 Å². The Morgan fingerprint density at radius 3 is 2.37 bits per heavy atom. The van der Waals surface area contributed by atoms with Crippen LogP contribution < -0.4 is 9.73 Å². The highest BCUT2D eigenvalue weighted by Crippen LogP contribution is 2.38. The van der Waals surface area contributed by atoms with Gasteiger partial charge in [0.15, 0.2) is 0 Å². The molecule has 0 aliphatic heterocycles. The Hall–Kier alpha value is -3.97. The molecular weight excluding hydrogens is 549 g/mol. The topological polar surface area (TPSA) is 122 Å². The molecule has 0 heterocycles. The zero-order valence-corrected chi connectivity index (χ0v) is 21.4. The highest BCUT2D eigenvalue weighted by Gasteiger charge is 2.35. The van der Waals surface area contributed by atoms with Gasteiger partial charge in [-0.05, 0) is 44.2 Å². The molecule has 0 radical (unpaired) electrons. The number of non-ortho nitro benzene ring substituents is 1. The first-order valence-electron chi connectivity index (χ1n) is 10.7. The van der Waals surface area contributed by atoms with Crippen LogP contribution in [0.1, 0.15) is 23.6 Å². The molecular formula is C24H20ClF3N4O5S. The molecule has 0 bridgehead atoms. The van der Waals surface area contributed by atoms with Crippen molar-refractivity contribution in [3.63, 3.8) is 0 Å². The first-order chi connectivity index (χ1) is 17.7. The van der Waals surface area contributed by atoms with Crippen molar-refractivity contribution in [1.29, 1.82) is 0 Å². The van der Waals surface area contributed by atoms with E-state index in [1.54, 1.807) is 6.92 Å². The highest BCUT2D eigenvalue weighted by atomic mass is 35.5. The number of sulfonamides is 1. The number of halogens is 4. The number of nitrogens with zero attached hydrogens (tertiary/aromatic N) is 3. The average Bonchev–Trinajstić information content (AvgIpc) is 2.85. The van der Waals surface area contributed by atoms with Crippen molar-refractivity contribution in [2.75, 3.05) is 10.8 Å². The Morgan fingerprint density at radius 2 is 1.76 bits per heavy atom. The molecule has 0 fully saturated rings. The highest BCUT2D eigenvalue weighted by molar-refractivity contribution is 7.92. The molecule has 1 N–H and O–H groups in total. The van der Waals surface area contributed by atoms with Crippen molar-refractivity contribution in [3.8, 4) is 0 Å². The van der Waals surface area contributed by atoms with Crippen LogP contribution in [0, 0.1) is 17.0 Å². The molecule has 1 amide bonds. The first kappa shape index (κ1) is 28.6. The van der Waals surface area contributed by atoms with Crippen LogP contribution >= 0.6 is 11.6 Å². The Kier molecular flexibility index (Phi) is 8.42. The molecule has 0 unspecified atom stereocenters. The van der Waals surface area contributed by atoms with Crippen LogP contribution in [0.5, 0.6) is 0 Å². The van der Waals surface area contributed by atoms with Crippen molar-refractivity contribution >= 4 is 44.6 Å². The number of alkyl halides is 3. The fraction of sp³-hybridized carbons (Fsp3) is 0.167.